The Morgan fingerprint density at radius 3 is 2.62 bits per heavy atom. The molecule has 1 atom stereocenters. The number of alkyl halides is 3. The Kier molecular flexibility index (Phi) is 4.26. The van der Waals surface area contributed by atoms with Gasteiger partial charge in [0.1, 0.15) is 0 Å². The van der Waals surface area contributed by atoms with Gasteiger partial charge in [-0.15, -0.1) is 0 Å². The SMILES string of the molecule is Cc1cncc(C(CCC(F)(F)F)NN)c1. The number of hydrogen-bond acceptors (Lipinski definition) is 3. The summed E-state index contributed by atoms with van der Waals surface area (Å²) in [6.45, 7) is 1.83. The minimum Gasteiger partial charge on any atom is -0.271 e. The average molecular weight is 233 g/mol. The molecule has 0 aliphatic rings. The highest BCUT2D eigenvalue weighted by molar-refractivity contribution is 5.19. The molecule has 3 nitrogen and oxygen atoms in total. The predicted molar refractivity (Wildman–Crippen MR) is 54.3 cm³/mol. The molecule has 0 saturated heterocycles. The Morgan fingerprint density at radius 2 is 2.12 bits per heavy atom. The highest BCUT2D eigenvalue weighted by Gasteiger charge is 2.28. The van der Waals surface area contributed by atoms with Crippen molar-refractivity contribution in [1.29, 1.82) is 0 Å². The van der Waals surface area contributed by atoms with Gasteiger partial charge in [0, 0.05) is 24.9 Å². The number of nitrogens with zero attached hydrogens (tertiary/aromatic N) is 1. The van der Waals surface area contributed by atoms with E-state index in [0.717, 1.165) is 5.56 Å². The molecular formula is C10H14F3N3. The van der Waals surface area contributed by atoms with Gasteiger partial charge in [-0.25, -0.2) is 0 Å². The first-order valence-electron chi connectivity index (χ1n) is 4.87. The van der Waals surface area contributed by atoms with Gasteiger partial charge in [0.15, 0.2) is 0 Å². The van der Waals surface area contributed by atoms with Gasteiger partial charge in [-0.05, 0) is 24.5 Å². The van der Waals surface area contributed by atoms with Crippen LogP contribution in [0.15, 0.2) is 18.5 Å². The van der Waals surface area contributed by atoms with E-state index < -0.39 is 18.6 Å². The molecule has 0 aliphatic carbocycles. The molecule has 0 amide bonds. The smallest absolute Gasteiger partial charge is 0.271 e. The fourth-order valence-corrected chi connectivity index (χ4v) is 1.42. The van der Waals surface area contributed by atoms with Gasteiger partial charge in [-0.1, -0.05) is 6.07 Å². The lowest BCUT2D eigenvalue weighted by atomic mass is 10.0. The van der Waals surface area contributed by atoms with Crippen LogP contribution in [0.5, 0.6) is 0 Å². The lowest BCUT2D eigenvalue weighted by Gasteiger charge is -2.17. The van der Waals surface area contributed by atoms with Crippen molar-refractivity contribution in [2.75, 3.05) is 0 Å². The second kappa shape index (κ2) is 5.27. The highest BCUT2D eigenvalue weighted by Crippen LogP contribution is 2.27. The first-order chi connectivity index (χ1) is 7.42. The standard InChI is InChI=1S/C10H14F3N3/c1-7-4-8(6-15-5-7)9(16-14)2-3-10(11,12)13/h4-6,9,16H,2-3,14H2,1H3. The molecule has 0 bridgehead atoms. The Labute approximate surface area is 91.8 Å². The molecule has 0 aliphatic heterocycles. The van der Waals surface area contributed by atoms with Crippen molar-refractivity contribution in [2.24, 2.45) is 5.84 Å². The molecule has 6 heteroatoms. The molecule has 3 N–H and O–H groups in total. The molecular weight excluding hydrogens is 219 g/mol. The van der Waals surface area contributed by atoms with Crippen molar-refractivity contribution >= 4 is 0 Å². The van der Waals surface area contributed by atoms with Crippen LogP contribution in [-0.4, -0.2) is 11.2 Å². The molecule has 90 valence electrons. The van der Waals surface area contributed by atoms with E-state index in [2.05, 4.69) is 10.4 Å². The van der Waals surface area contributed by atoms with Gasteiger partial charge >= 0.3 is 6.18 Å². The van der Waals surface area contributed by atoms with Gasteiger partial charge in [-0.3, -0.25) is 16.3 Å². The maximum Gasteiger partial charge on any atom is 0.389 e. The fraction of sp³-hybridized carbons (Fsp3) is 0.500. The number of pyridine rings is 1. The van der Waals surface area contributed by atoms with Gasteiger partial charge in [0.2, 0.25) is 0 Å². The second-order valence-corrected chi connectivity index (χ2v) is 3.67. The van der Waals surface area contributed by atoms with Crippen LogP contribution in [-0.2, 0) is 0 Å². The molecule has 16 heavy (non-hydrogen) atoms. The Hall–Kier alpha value is -1.14. The quantitative estimate of drug-likeness (QED) is 0.619. The van der Waals surface area contributed by atoms with Gasteiger partial charge in [0.05, 0.1) is 0 Å². The molecule has 1 heterocycles. The Bertz CT molecular complexity index is 338. The van der Waals surface area contributed by atoms with Crippen LogP contribution in [0.25, 0.3) is 0 Å². The molecule has 1 unspecified atom stereocenters. The minimum atomic E-state index is -4.16. The molecule has 0 aromatic carbocycles. The summed E-state index contributed by atoms with van der Waals surface area (Å²) < 4.78 is 36.2. The number of hydrazine groups is 1. The second-order valence-electron chi connectivity index (χ2n) is 3.67. The van der Waals surface area contributed by atoms with Crippen LogP contribution < -0.4 is 11.3 Å². The maximum absolute atomic E-state index is 12.1. The van der Waals surface area contributed by atoms with E-state index in [-0.39, 0.29) is 6.42 Å². The van der Waals surface area contributed by atoms with Crippen molar-refractivity contribution < 1.29 is 13.2 Å². The zero-order valence-corrected chi connectivity index (χ0v) is 8.88. The zero-order chi connectivity index (χ0) is 12.2. The largest absolute Gasteiger partial charge is 0.389 e. The van der Waals surface area contributed by atoms with Crippen LogP contribution >= 0.6 is 0 Å². The van der Waals surface area contributed by atoms with Gasteiger partial charge < -0.3 is 0 Å². The lowest BCUT2D eigenvalue weighted by molar-refractivity contribution is -0.136. The zero-order valence-electron chi connectivity index (χ0n) is 8.88. The summed E-state index contributed by atoms with van der Waals surface area (Å²) in [6, 6.07) is 1.25. The molecule has 1 aromatic heterocycles. The first kappa shape index (κ1) is 12.9. The van der Waals surface area contributed by atoms with E-state index in [9.17, 15) is 13.2 Å². The Morgan fingerprint density at radius 1 is 1.44 bits per heavy atom. The Balaban J connectivity index is 2.68. The third-order valence-electron chi connectivity index (χ3n) is 2.22. The van der Waals surface area contributed by atoms with Crippen LogP contribution in [0.2, 0.25) is 0 Å². The number of nitrogens with one attached hydrogen (secondary N) is 1. The van der Waals surface area contributed by atoms with Crippen molar-refractivity contribution in [3.8, 4) is 0 Å². The summed E-state index contributed by atoms with van der Waals surface area (Å²) in [4.78, 5) is 3.92. The predicted octanol–water partition coefficient (Wildman–Crippen LogP) is 2.24. The van der Waals surface area contributed by atoms with Crippen molar-refractivity contribution in [2.45, 2.75) is 32.0 Å². The summed E-state index contributed by atoms with van der Waals surface area (Å²) in [6.07, 6.45) is -1.96. The van der Waals surface area contributed by atoms with Crippen LogP contribution in [0.4, 0.5) is 13.2 Å². The topological polar surface area (TPSA) is 50.9 Å². The maximum atomic E-state index is 12.1. The van der Waals surface area contributed by atoms with E-state index in [4.69, 9.17) is 5.84 Å². The summed E-state index contributed by atoms with van der Waals surface area (Å²) in [5, 5.41) is 0. The van der Waals surface area contributed by atoms with Gasteiger partial charge in [-0.2, -0.15) is 13.2 Å². The summed E-state index contributed by atoms with van der Waals surface area (Å²) >= 11 is 0. The van der Waals surface area contributed by atoms with Crippen molar-refractivity contribution in [3.63, 3.8) is 0 Å². The number of nitrogens with two attached hydrogens (primary N) is 1. The molecule has 1 aromatic rings. The van der Waals surface area contributed by atoms with Crippen LogP contribution in [0.3, 0.4) is 0 Å². The molecule has 0 spiro atoms. The van der Waals surface area contributed by atoms with Gasteiger partial charge in [0.25, 0.3) is 0 Å². The number of hydrogen-bond donors (Lipinski definition) is 2. The van der Waals surface area contributed by atoms with E-state index in [1.54, 1.807) is 12.3 Å². The molecule has 0 saturated carbocycles. The summed E-state index contributed by atoms with van der Waals surface area (Å²) in [5.41, 5.74) is 3.94. The third kappa shape index (κ3) is 4.16. The highest BCUT2D eigenvalue weighted by atomic mass is 19.4. The number of halogens is 3. The summed E-state index contributed by atoms with van der Waals surface area (Å²) in [5.74, 6) is 5.24. The van der Waals surface area contributed by atoms with Crippen molar-refractivity contribution in [3.05, 3.63) is 29.6 Å². The van der Waals surface area contributed by atoms with E-state index in [0.29, 0.717) is 5.56 Å². The van der Waals surface area contributed by atoms with E-state index >= 15 is 0 Å². The van der Waals surface area contributed by atoms with Crippen molar-refractivity contribution in [1.82, 2.24) is 10.4 Å². The van der Waals surface area contributed by atoms with Crippen LogP contribution in [0.1, 0.15) is 30.0 Å². The van der Waals surface area contributed by atoms with E-state index in [1.165, 1.54) is 6.20 Å². The number of rotatable bonds is 4. The first-order valence-corrected chi connectivity index (χ1v) is 4.87. The number of aromatic nitrogens is 1. The third-order valence-corrected chi connectivity index (χ3v) is 2.22. The monoisotopic (exact) mass is 233 g/mol. The minimum absolute atomic E-state index is 0.0921. The number of aryl methyl sites for hydroxylation is 1. The lowest BCUT2D eigenvalue weighted by Crippen LogP contribution is -2.29. The normalized spacial score (nSPS) is 13.8. The molecule has 1 rings (SSSR count). The van der Waals surface area contributed by atoms with E-state index in [1.807, 2.05) is 6.92 Å². The fourth-order valence-electron chi connectivity index (χ4n) is 1.42. The van der Waals surface area contributed by atoms with Crippen LogP contribution in [0, 0.1) is 6.92 Å². The molecule has 0 radical (unpaired) electrons. The average Bonchev–Trinajstić information content (AvgIpc) is 2.17. The molecule has 0 fully saturated rings. The summed E-state index contributed by atoms with van der Waals surface area (Å²) in [7, 11) is 0.